The van der Waals surface area contributed by atoms with Crippen LogP contribution in [0.2, 0.25) is 0 Å². The highest BCUT2D eigenvalue weighted by Crippen LogP contribution is 2.16. The average Bonchev–Trinajstić information content (AvgIpc) is 2.75. The van der Waals surface area contributed by atoms with Crippen LogP contribution in [0.15, 0.2) is 0 Å². The molecule has 8 heteroatoms. The van der Waals surface area contributed by atoms with E-state index in [0.717, 1.165) is 18.0 Å². The van der Waals surface area contributed by atoms with Gasteiger partial charge in [-0.2, -0.15) is 4.37 Å². The number of rotatable bonds is 5. The second kappa shape index (κ2) is 6.65. The van der Waals surface area contributed by atoms with Crippen LogP contribution >= 0.6 is 11.5 Å². The number of hydrogen-bond donors (Lipinski definition) is 1. The van der Waals surface area contributed by atoms with Crippen molar-refractivity contribution in [3.05, 3.63) is 5.82 Å². The molecule has 0 aliphatic carbocycles. The molecule has 2 amide bonds. The van der Waals surface area contributed by atoms with Gasteiger partial charge >= 0.3 is 6.03 Å². The maximum absolute atomic E-state index is 11.5. The first kappa shape index (κ1) is 14.0. The van der Waals surface area contributed by atoms with E-state index >= 15 is 0 Å². The quantitative estimate of drug-likeness (QED) is 0.869. The predicted molar refractivity (Wildman–Crippen MR) is 69.8 cm³/mol. The Hall–Kier alpha value is -1.02. The summed E-state index contributed by atoms with van der Waals surface area (Å²) in [4.78, 5) is 16.9. The number of carbonyl (C=O) groups excluding carboxylic acids is 1. The Morgan fingerprint density at radius 3 is 2.88 bits per heavy atom. The second-order valence-electron chi connectivity index (χ2n) is 3.40. The van der Waals surface area contributed by atoms with Crippen molar-refractivity contribution >= 4 is 33.5 Å². The largest absolute Gasteiger partial charge is 0.341 e. The van der Waals surface area contributed by atoms with Gasteiger partial charge in [0.15, 0.2) is 5.82 Å². The lowest BCUT2D eigenvalue weighted by atomic mass is 10.6. The van der Waals surface area contributed by atoms with Gasteiger partial charge in [-0.05, 0) is 6.42 Å². The molecular formula is C9H16N4O2S2. The number of hydrogen-bond acceptors (Lipinski definition) is 5. The highest BCUT2D eigenvalue weighted by Gasteiger charge is 2.15. The summed E-state index contributed by atoms with van der Waals surface area (Å²) in [6.45, 7) is 1.98. The minimum absolute atomic E-state index is 0.248. The van der Waals surface area contributed by atoms with E-state index in [0.29, 0.717) is 22.5 Å². The Balaban J connectivity index is 2.65. The van der Waals surface area contributed by atoms with Crippen LogP contribution in [0.5, 0.6) is 0 Å². The summed E-state index contributed by atoms with van der Waals surface area (Å²) in [5, 5.41) is 3.01. The highest BCUT2D eigenvalue weighted by molar-refractivity contribution is 7.84. The molecule has 96 valence electrons. The maximum atomic E-state index is 11.5. The molecule has 0 saturated heterocycles. The van der Waals surface area contributed by atoms with Crippen LogP contribution in [0.1, 0.15) is 19.2 Å². The van der Waals surface area contributed by atoms with Crippen LogP contribution in [-0.4, -0.2) is 39.4 Å². The third kappa shape index (κ3) is 4.04. The van der Waals surface area contributed by atoms with Gasteiger partial charge in [-0.15, -0.1) is 0 Å². The van der Waals surface area contributed by atoms with E-state index in [1.807, 2.05) is 6.92 Å². The lowest BCUT2D eigenvalue weighted by Crippen LogP contribution is -2.34. The number of amides is 2. The Labute approximate surface area is 107 Å². The third-order valence-electron chi connectivity index (χ3n) is 1.98. The van der Waals surface area contributed by atoms with E-state index < -0.39 is 10.8 Å². The van der Waals surface area contributed by atoms with Crippen LogP contribution in [0.3, 0.4) is 0 Å². The summed E-state index contributed by atoms with van der Waals surface area (Å²) in [6, 6.07) is -0.248. The molecule has 1 heterocycles. The van der Waals surface area contributed by atoms with Crippen molar-refractivity contribution in [2.24, 2.45) is 0 Å². The van der Waals surface area contributed by atoms with Crippen molar-refractivity contribution < 1.29 is 9.00 Å². The molecule has 0 aliphatic heterocycles. The fraction of sp³-hybridized carbons (Fsp3) is 0.667. The van der Waals surface area contributed by atoms with Gasteiger partial charge in [0.1, 0.15) is 0 Å². The van der Waals surface area contributed by atoms with Crippen LogP contribution < -0.4 is 10.2 Å². The summed E-state index contributed by atoms with van der Waals surface area (Å²) < 4.78 is 15.6. The summed E-state index contributed by atoms with van der Waals surface area (Å²) in [6.07, 6.45) is 0.877. The van der Waals surface area contributed by atoms with Crippen molar-refractivity contribution in [1.29, 1.82) is 0 Å². The number of nitrogens with zero attached hydrogens (tertiary/aromatic N) is 3. The molecule has 17 heavy (non-hydrogen) atoms. The Morgan fingerprint density at radius 2 is 2.29 bits per heavy atom. The highest BCUT2D eigenvalue weighted by atomic mass is 32.2. The lowest BCUT2D eigenvalue weighted by Gasteiger charge is -2.11. The molecule has 1 atom stereocenters. The van der Waals surface area contributed by atoms with Gasteiger partial charge in [-0.25, -0.2) is 9.78 Å². The van der Waals surface area contributed by atoms with E-state index in [1.165, 1.54) is 4.90 Å². The summed E-state index contributed by atoms with van der Waals surface area (Å²) >= 11 is 1.13. The van der Waals surface area contributed by atoms with Gasteiger partial charge < -0.3 is 5.32 Å². The summed E-state index contributed by atoms with van der Waals surface area (Å²) in [5.41, 5.74) is 0. The molecule has 0 aliphatic rings. The van der Waals surface area contributed by atoms with Gasteiger partial charge in [-0.1, -0.05) is 6.92 Å². The fourth-order valence-corrected chi connectivity index (χ4v) is 2.88. The molecule has 0 fully saturated rings. The first-order chi connectivity index (χ1) is 8.08. The topological polar surface area (TPSA) is 75.2 Å². The zero-order valence-electron chi connectivity index (χ0n) is 10.1. The third-order valence-corrected chi connectivity index (χ3v) is 4.26. The lowest BCUT2D eigenvalue weighted by molar-refractivity contribution is 0.249. The molecule has 0 saturated carbocycles. The van der Waals surface area contributed by atoms with Gasteiger partial charge in [0, 0.05) is 42.2 Å². The molecule has 0 spiro atoms. The van der Waals surface area contributed by atoms with Crippen molar-refractivity contribution in [3.63, 3.8) is 0 Å². The van der Waals surface area contributed by atoms with Crippen molar-refractivity contribution in [2.45, 2.75) is 19.1 Å². The number of carbonyl (C=O) groups is 1. The summed E-state index contributed by atoms with van der Waals surface area (Å²) in [7, 11) is 2.25. The van der Waals surface area contributed by atoms with Crippen LogP contribution in [0.25, 0.3) is 0 Å². The van der Waals surface area contributed by atoms with Crippen molar-refractivity contribution in [2.75, 3.05) is 24.7 Å². The van der Waals surface area contributed by atoms with E-state index in [1.54, 1.807) is 14.1 Å². The van der Waals surface area contributed by atoms with E-state index in [-0.39, 0.29) is 6.03 Å². The van der Waals surface area contributed by atoms with Gasteiger partial charge in [0.2, 0.25) is 5.13 Å². The Bertz CT molecular complexity index is 407. The Kier molecular flexibility index (Phi) is 5.49. The maximum Gasteiger partial charge on any atom is 0.323 e. The molecule has 1 aromatic heterocycles. The van der Waals surface area contributed by atoms with Gasteiger partial charge in [0.05, 0.1) is 5.75 Å². The molecule has 0 aromatic carbocycles. The number of aromatic nitrogens is 2. The zero-order valence-corrected chi connectivity index (χ0v) is 11.7. The molecule has 1 unspecified atom stereocenters. The molecule has 0 radical (unpaired) electrons. The normalized spacial score (nSPS) is 12.2. The summed E-state index contributed by atoms with van der Waals surface area (Å²) in [5.74, 6) is 1.54. The monoisotopic (exact) mass is 276 g/mol. The number of anilines is 1. The number of nitrogens with one attached hydrogen (secondary N) is 1. The first-order valence-electron chi connectivity index (χ1n) is 5.21. The smallest absolute Gasteiger partial charge is 0.323 e. The standard InChI is InChI=1S/C9H16N4O2S2/c1-4-5-17(15)6-7-11-9(16-12-7)13(3)8(14)10-2/h4-6H2,1-3H3,(H,10,14). The minimum atomic E-state index is -0.921. The van der Waals surface area contributed by atoms with E-state index in [9.17, 15) is 9.00 Å². The van der Waals surface area contributed by atoms with Crippen LogP contribution in [-0.2, 0) is 16.6 Å². The van der Waals surface area contributed by atoms with Crippen molar-refractivity contribution in [1.82, 2.24) is 14.7 Å². The molecule has 6 nitrogen and oxygen atoms in total. The molecular weight excluding hydrogens is 260 g/mol. The van der Waals surface area contributed by atoms with Gasteiger partial charge in [-0.3, -0.25) is 9.11 Å². The molecule has 1 rings (SSSR count). The predicted octanol–water partition coefficient (Wildman–Crippen LogP) is 0.972. The van der Waals surface area contributed by atoms with Crippen LogP contribution in [0.4, 0.5) is 9.93 Å². The van der Waals surface area contributed by atoms with Crippen molar-refractivity contribution in [3.8, 4) is 0 Å². The second-order valence-corrected chi connectivity index (χ2v) is 5.70. The molecule has 1 N–H and O–H groups in total. The average molecular weight is 276 g/mol. The SMILES string of the molecule is CCCS(=O)Cc1nsc(N(C)C(=O)NC)n1. The number of urea groups is 1. The van der Waals surface area contributed by atoms with E-state index in [2.05, 4.69) is 14.7 Å². The molecule has 1 aromatic rings. The Morgan fingerprint density at radius 1 is 1.59 bits per heavy atom. The van der Waals surface area contributed by atoms with Gasteiger partial charge in [0.25, 0.3) is 0 Å². The molecule has 0 bridgehead atoms. The first-order valence-corrected chi connectivity index (χ1v) is 7.47. The van der Waals surface area contributed by atoms with Crippen LogP contribution in [0, 0.1) is 0 Å². The zero-order chi connectivity index (χ0) is 12.8. The van der Waals surface area contributed by atoms with E-state index in [4.69, 9.17) is 0 Å². The fourth-order valence-electron chi connectivity index (χ4n) is 1.14. The minimum Gasteiger partial charge on any atom is -0.341 e.